The highest BCUT2D eigenvalue weighted by atomic mass is 16.5. The number of rotatable bonds is 7. The third-order valence-corrected chi connectivity index (χ3v) is 3.92. The fraction of sp³-hybridized carbons (Fsp3) is 0.667. The summed E-state index contributed by atoms with van der Waals surface area (Å²) in [6, 6.07) is 4.16. The van der Waals surface area contributed by atoms with Gasteiger partial charge in [0.05, 0.1) is 12.3 Å². The van der Waals surface area contributed by atoms with E-state index < -0.39 is 0 Å². The second-order valence-corrected chi connectivity index (χ2v) is 5.66. The fourth-order valence-electron chi connectivity index (χ4n) is 1.86. The number of nitrogens with zero attached hydrogens (tertiary/aromatic N) is 1. The molecule has 1 aromatic rings. The molecule has 19 heavy (non-hydrogen) atoms. The third-order valence-electron chi connectivity index (χ3n) is 3.92. The summed E-state index contributed by atoms with van der Waals surface area (Å²) in [6.45, 7) is 7.35. The Labute approximate surface area is 115 Å². The summed E-state index contributed by atoms with van der Waals surface area (Å²) in [5.41, 5.74) is 6.51. The monoisotopic (exact) mass is 263 g/mol. The molecule has 1 saturated carbocycles. The van der Waals surface area contributed by atoms with E-state index in [-0.39, 0.29) is 0 Å². The lowest BCUT2D eigenvalue weighted by atomic mass is 10.0. The van der Waals surface area contributed by atoms with E-state index >= 15 is 0 Å². The lowest BCUT2D eigenvalue weighted by molar-refractivity contribution is 0.290. The van der Waals surface area contributed by atoms with Crippen molar-refractivity contribution >= 4 is 11.5 Å². The molecule has 106 valence electrons. The average molecular weight is 263 g/mol. The number of aromatic nitrogens is 1. The number of nitrogens with one attached hydrogen (secondary N) is 1. The van der Waals surface area contributed by atoms with Gasteiger partial charge < -0.3 is 15.8 Å². The number of pyridine rings is 1. The first-order valence-electron chi connectivity index (χ1n) is 7.26. The van der Waals surface area contributed by atoms with Crippen LogP contribution in [0, 0.1) is 11.8 Å². The van der Waals surface area contributed by atoms with Gasteiger partial charge in [-0.2, -0.15) is 4.98 Å². The van der Waals surface area contributed by atoms with Crippen molar-refractivity contribution in [2.45, 2.75) is 46.1 Å². The SMILES string of the molecule is CCC(C)C(C)Nc1ccc(N)c(OCC2CC2)n1. The summed E-state index contributed by atoms with van der Waals surface area (Å²) in [6.07, 6.45) is 3.68. The lowest BCUT2D eigenvalue weighted by Gasteiger charge is -2.21. The molecule has 1 fully saturated rings. The Morgan fingerprint density at radius 2 is 2.16 bits per heavy atom. The number of nitrogens with two attached hydrogens (primary N) is 1. The zero-order chi connectivity index (χ0) is 13.8. The molecule has 1 heterocycles. The Kier molecular flexibility index (Phi) is 4.51. The molecule has 1 aliphatic rings. The van der Waals surface area contributed by atoms with Gasteiger partial charge in [0.1, 0.15) is 5.82 Å². The van der Waals surface area contributed by atoms with E-state index in [1.807, 2.05) is 12.1 Å². The topological polar surface area (TPSA) is 60.2 Å². The third kappa shape index (κ3) is 4.01. The van der Waals surface area contributed by atoms with E-state index in [2.05, 4.69) is 31.1 Å². The highest BCUT2D eigenvalue weighted by molar-refractivity contribution is 5.53. The number of nitrogen functional groups attached to an aromatic ring is 1. The quantitative estimate of drug-likeness (QED) is 0.792. The van der Waals surface area contributed by atoms with Crippen LogP contribution in [0.4, 0.5) is 11.5 Å². The van der Waals surface area contributed by atoms with Crippen LogP contribution in [0.15, 0.2) is 12.1 Å². The molecule has 2 unspecified atom stereocenters. The standard InChI is InChI=1S/C15H25N3O/c1-4-10(2)11(3)17-14-8-7-13(16)15(18-14)19-9-12-5-6-12/h7-8,10-12H,4-6,9,16H2,1-3H3,(H,17,18). The average Bonchev–Trinajstić information content (AvgIpc) is 3.22. The Morgan fingerprint density at radius 1 is 1.42 bits per heavy atom. The van der Waals surface area contributed by atoms with Gasteiger partial charge in [-0.05, 0) is 43.7 Å². The molecule has 0 aliphatic heterocycles. The highest BCUT2D eigenvalue weighted by Crippen LogP contribution is 2.30. The second kappa shape index (κ2) is 6.13. The Hall–Kier alpha value is -1.45. The van der Waals surface area contributed by atoms with Gasteiger partial charge in [-0.1, -0.05) is 20.3 Å². The van der Waals surface area contributed by atoms with Crippen molar-refractivity contribution in [3.05, 3.63) is 12.1 Å². The molecule has 1 aromatic heterocycles. The Bertz CT molecular complexity index is 418. The summed E-state index contributed by atoms with van der Waals surface area (Å²) >= 11 is 0. The van der Waals surface area contributed by atoms with Crippen molar-refractivity contribution in [3.8, 4) is 5.88 Å². The predicted octanol–water partition coefficient (Wildman–Crippen LogP) is 3.30. The molecule has 0 radical (unpaired) electrons. The minimum atomic E-state index is 0.386. The molecular formula is C15H25N3O. The lowest BCUT2D eigenvalue weighted by Crippen LogP contribution is -2.23. The summed E-state index contributed by atoms with van der Waals surface area (Å²) in [4.78, 5) is 4.47. The summed E-state index contributed by atoms with van der Waals surface area (Å²) in [5, 5.41) is 3.42. The van der Waals surface area contributed by atoms with Crippen LogP contribution < -0.4 is 15.8 Å². The first kappa shape index (κ1) is 14.0. The molecule has 3 N–H and O–H groups in total. The number of anilines is 2. The van der Waals surface area contributed by atoms with Gasteiger partial charge in [-0.25, -0.2) is 0 Å². The van der Waals surface area contributed by atoms with Crippen molar-refractivity contribution in [3.63, 3.8) is 0 Å². The molecule has 1 aliphatic carbocycles. The van der Waals surface area contributed by atoms with Crippen LogP contribution in [-0.2, 0) is 0 Å². The maximum Gasteiger partial charge on any atom is 0.239 e. The first-order chi connectivity index (χ1) is 9.10. The van der Waals surface area contributed by atoms with Gasteiger partial charge in [-0.15, -0.1) is 0 Å². The first-order valence-corrected chi connectivity index (χ1v) is 7.26. The number of ether oxygens (including phenoxy) is 1. The van der Waals surface area contributed by atoms with E-state index in [1.165, 1.54) is 12.8 Å². The molecule has 0 aromatic carbocycles. The Balaban J connectivity index is 1.98. The molecule has 4 nitrogen and oxygen atoms in total. The zero-order valence-electron chi connectivity index (χ0n) is 12.1. The van der Waals surface area contributed by atoms with Crippen molar-refractivity contribution < 1.29 is 4.74 Å². The minimum Gasteiger partial charge on any atom is -0.476 e. The molecular weight excluding hydrogens is 238 g/mol. The van der Waals surface area contributed by atoms with E-state index in [4.69, 9.17) is 10.5 Å². The molecule has 2 rings (SSSR count). The molecule has 0 amide bonds. The van der Waals surface area contributed by atoms with E-state index in [9.17, 15) is 0 Å². The van der Waals surface area contributed by atoms with Gasteiger partial charge in [0, 0.05) is 6.04 Å². The van der Waals surface area contributed by atoms with Crippen molar-refractivity contribution in [2.24, 2.45) is 11.8 Å². The van der Waals surface area contributed by atoms with Crippen LogP contribution in [-0.4, -0.2) is 17.6 Å². The summed E-state index contributed by atoms with van der Waals surface area (Å²) < 4.78 is 5.69. The number of hydrogen-bond donors (Lipinski definition) is 2. The van der Waals surface area contributed by atoms with Crippen LogP contribution >= 0.6 is 0 Å². The maximum atomic E-state index is 5.90. The van der Waals surface area contributed by atoms with Crippen molar-refractivity contribution in [1.82, 2.24) is 4.98 Å². The van der Waals surface area contributed by atoms with Gasteiger partial charge in [0.15, 0.2) is 0 Å². The predicted molar refractivity (Wildman–Crippen MR) is 79.4 cm³/mol. The second-order valence-electron chi connectivity index (χ2n) is 5.66. The van der Waals surface area contributed by atoms with Crippen LogP contribution in [0.5, 0.6) is 5.88 Å². The molecule has 0 bridgehead atoms. The van der Waals surface area contributed by atoms with Crippen LogP contribution in [0.2, 0.25) is 0 Å². The van der Waals surface area contributed by atoms with E-state index in [0.29, 0.717) is 29.4 Å². The van der Waals surface area contributed by atoms with Gasteiger partial charge in [0.25, 0.3) is 0 Å². The smallest absolute Gasteiger partial charge is 0.239 e. The molecule has 0 spiro atoms. The normalized spacial score (nSPS) is 17.8. The van der Waals surface area contributed by atoms with Crippen LogP contribution in [0.3, 0.4) is 0 Å². The zero-order valence-corrected chi connectivity index (χ0v) is 12.1. The molecule has 2 atom stereocenters. The summed E-state index contributed by atoms with van der Waals surface area (Å²) in [5.74, 6) is 2.72. The fourth-order valence-corrected chi connectivity index (χ4v) is 1.86. The maximum absolute atomic E-state index is 5.90. The minimum absolute atomic E-state index is 0.386. The van der Waals surface area contributed by atoms with Crippen LogP contribution in [0.25, 0.3) is 0 Å². The summed E-state index contributed by atoms with van der Waals surface area (Å²) in [7, 11) is 0. The Morgan fingerprint density at radius 3 is 2.79 bits per heavy atom. The van der Waals surface area contributed by atoms with E-state index in [0.717, 1.165) is 18.8 Å². The van der Waals surface area contributed by atoms with Gasteiger partial charge in [0.2, 0.25) is 5.88 Å². The van der Waals surface area contributed by atoms with Crippen molar-refractivity contribution in [2.75, 3.05) is 17.7 Å². The van der Waals surface area contributed by atoms with Crippen LogP contribution in [0.1, 0.15) is 40.0 Å². The largest absolute Gasteiger partial charge is 0.476 e. The van der Waals surface area contributed by atoms with E-state index in [1.54, 1.807) is 0 Å². The highest BCUT2D eigenvalue weighted by Gasteiger charge is 2.22. The number of hydrogen-bond acceptors (Lipinski definition) is 4. The molecule has 4 heteroatoms. The van der Waals surface area contributed by atoms with Crippen molar-refractivity contribution in [1.29, 1.82) is 0 Å². The van der Waals surface area contributed by atoms with Gasteiger partial charge in [-0.3, -0.25) is 0 Å². The molecule has 0 saturated heterocycles. The van der Waals surface area contributed by atoms with Gasteiger partial charge >= 0.3 is 0 Å².